The van der Waals surface area contributed by atoms with Gasteiger partial charge in [-0.1, -0.05) is 42.2 Å². The van der Waals surface area contributed by atoms with Crippen LogP contribution in [-0.4, -0.2) is 32.0 Å². The highest BCUT2D eigenvalue weighted by molar-refractivity contribution is 5.96. The highest BCUT2D eigenvalue weighted by Crippen LogP contribution is 2.15. The van der Waals surface area contributed by atoms with Crippen molar-refractivity contribution in [2.45, 2.75) is 6.92 Å². The predicted octanol–water partition coefficient (Wildman–Crippen LogP) is 1.90. The molecule has 0 aliphatic heterocycles. The second-order valence-electron chi connectivity index (χ2n) is 5.26. The van der Waals surface area contributed by atoms with Gasteiger partial charge in [0.25, 0.3) is 11.8 Å². The number of para-hydroxylation sites is 1. The van der Waals surface area contributed by atoms with Gasteiger partial charge in [0.05, 0.1) is 12.1 Å². The molecule has 2 amide bonds. The van der Waals surface area contributed by atoms with Gasteiger partial charge >= 0.3 is 0 Å². The molecule has 0 aromatic heterocycles. The van der Waals surface area contributed by atoms with E-state index in [9.17, 15) is 9.59 Å². The van der Waals surface area contributed by atoms with E-state index < -0.39 is 0 Å². The van der Waals surface area contributed by atoms with Crippen molar-refractivity contribution in [3.8, 4) is 17.6 Å². The molecule has 25 heavy (non-hydrogen) atoms. The van der Waals surface area contributed by atoms with Crippen LogP contribution in [0.3, 0.4) is 0 Å². The van der Waals surface area contributed by atoms with Gasteiger partial charge in [0.2, 0.25) is 0 Å². The van der Waals surface area contributed by atoms with Crippen molar-refractivity contribution in [3.63, 3.8) is 0 Å². The Hall–Kier alpha value is -3.26. The van der Waals surface area contributed by atoms with Crippen LogP contribution in [0.1, 0.15) is 21.5 Å². The van der Waals surface area contributed by atoms with Crippen molar-refractivity contribution in [1.82, 2.24) is 10.6 Å². The third-order valence-corrected chi connectivity index (χ3v) is 3.45. The summed E-state index contributed by atoms with van der Waals surface area (Å²) in [5.74, 6) is 5.98. The first-order valence-corrected chi connectivity index (χ1v) is 7.87. The summed E-state index contributed by atoms with van der Waals surface area (Å²) >= 11 is 0. The average Bonchev–Trinajstić information content (AvgIpc) is 2.64. The number of carbonyl (C=O) groups is 2. The molecule has 2 aromatic rings. The molecule has 0 aliphatic rings. The van der Waals surface area contributed by atoms with Gasteiger partial charge in [-0.15, -0.1) is 0 Å². The van der Waals surface area contributed by atoms with E-state index in [0.29, 0.717) is 16.9 Å². The zero-order chi connectivity index (χ0) is 18.1. The summed E-state index contributed by atoms with van der Waals surface area (Å²) in [6.07, 6.45) is 0. The van der Waals surface area contributed by atoms with Gasteiger partial charge in [-0.3, -0.25) is 9.59 Å². The number of rotatable bonds is 5. The molecular formula is C20H20N2O3. The summed E-state index contributed by atoms with van der Waals surface area (Å²) < 4.78 is 5.47. The number of amides is 2. The first kappa shape index (κ1) is 18.1. The Labute approximate surface area is 147 Å². The number of hydrogen-bond donors (Lipinski definition) is 2. The van der Waals surface area contributed by atoms with E-state index in [4.69, 9.17) is 4.74 Å². The zero-order valence-electron chi connectivity index (χ0n) is 14.3. The Balaban J connectivity index is 1.85. The molecule has 0 heterocycles. The Kier molecular flexibility index (Phi) is 6.61. The van der Waals surface area contributed by atoms with Crippen LogP contribution < -0.4 is 15.4 Å². The predicted molar refractivity (Wildman–Crippen MR) is 96.4 cm³/mol. The van der Waals surface area contributed by atoms with Crippen molar-refractivity contribution in [3.05, 3.63) is 65.2 Å². The Morgan fingerprint density at radius 3 is 2.56 bits per heavy atom. The topological polar surface area (TPSA) is 67.4 Å². The number of hydrogen-bond acceptors (Lipinski definition) is 3. The van der Waals surface area contributed by atoms with E-state index in [1.165, 1.54) is 0 Å². The monoisotopic (exact) mass is 336 g/mol. The molecule has 0 saturated carbocycles. The van der Waals surface area contributed by atoms with Crippen LogP contribution in [0.2, 0.25) is 0 Å². The molecule has 0 fully saturated rings. The van der Waals surface area contributed by atoms with Crippen LogP contribution >= 0.6 is 0 Å². The highest BCUT2D eigenvalue weighted by Gasteiger charge is 2.06. The zero-order valence-corrected chi connectivity index (χ0v) is 14.3. The van der Waals surface area contributed by atoms with E-state index in [1.807, 2.05) is 37.3 Å². The number of ether oxygens (including phenoxy) is 1. The molecule has 2 rings (SSSR count). The van der Waals surface area contributed by atoms with E-state index in [2.05, 4.69) is 22.5 Å². The van der Waals surface area contributed by atoms with Crippen molar-refractivity contribution in [1.29, 1.82) is 0 Å². The van der Waals surface area contributed by atoms with Crippen LogP contribution in [0.15, 0.2) is 48.5 Å². The summed E-state index contributed by atoms with van der Waals surface area (Å²) in [5.41, 5.74) is 2.10. The van der Waals surface area contributed by atoms with Gasteiger partial charge in [0.15, 0.2) is 6.61 Å². The van der Waals surface area contributed by atoms with Crippen molar-refractivity contribution in [2.24, 2.45) is 0 Å². The molecule has 0 spiro atoms. The molecule has 0 atom stereocenters. The minimum atomic E-state index is -0.253. The van der Waals surface area contributed by atoms with E-state index >= 15 is 0 Å². The normalized spacial score (nSPS) is 9.52. The lowest BCUT2D eigenvalue weighted by molar-refractivity contribution is -0.122. The summed E-state index contributed by atoms with van der Waals surface area (Å²) in [7, 11) is 1.57. The third kappa shape index (κ3) is 5.40. The van der Waals surface area contributed by atoms with Crippen LogP contribution in [-0.2, 0) is 4.79 Å². The van der Waals surface area contributed by atoms with Gasteiger partial charge < -0.3 is 15.4 Å². The minimum absolute atomic E-state index is 0.0681. The maximum Gasteiger partial charge on any atom is 0.258 e. The van der Waals surface area contributed by atoms with Gasteiger partial charge in [-0.25, -0.2) is 0 Å². The molecule has 0 saturated heterocycles. The number of carbonyl (C=O) groups excluding carboxylic acids is 2. The number of nitrogens with one attached hydrogen (secondary N) is 2. The molecule has 5 heteroatoms. The summed E-state index contributed by atoms with van der Waals surface area (Å²) in [6.45, 7) is 2.03. The maximum absolute atomic E-state index is 11.8. The first-order chi connectivity index (χ1) is 12.1. The smallest absolute Gasteiger partial charge is 0.258 e. The molecule has 0 aliphatic carbocycles. The Morgan fingerprint density at radius 2 is 1.80 bits per heavy atom. The Morgan fingerprint density at radius 1 is 1.08 bits per heavy atom. The number of benzene rings is 2. The fourth-order valence-electron chi connectivity index (χ4n) is 2.12. The standard InChI is InChI=1S/C20H20N2O3/c1-15-8-3-6-12-18(15)25-14-19(23)22-13-7-10-16-9-4-5-11-17(16)20(24)21-2/h3-6,8-9,11-12H,13-14H2,1-2H3,(H,21,24)(H,22,23). The minimum Gasteiger partial charge on any atom is -0.484 e. The van der Waals surface area contributed by atoms with Gasteiger partial charge in [0, 0.05) is 12.6 Å². The molecule has 2 aromatic carbocycles. The van der Waals surface area contributed by atoms with Crippen molar-refractivity contribution >= 4 is 11.8 Å². The Bertz CT molecular complexity index is 819. The molecule has 0 unspecified atom stereocenters. The third-order valence-electron chi connectivity index (χ3n) is 3.45. The average molecular weight is 336 g/mol. The highest BCUT2D eigenvalue weighted by atomic mass is 16.5. The van der Waals surface area contributed by atoms with E-state index in [1.54, 1.807) is 25.2 Å². The molecular weight excluding hydrogens is 316 g/mol. The lowest BCUT2D eigenvalue weighted by atomic mass is 10.1. The first-order valence-electron chi connectivity index (χ1n) is 7.87. The van der Waals surface area contributed by atoms with Crippen LogP contribution in [0.5, 0.6) is 5.75 Å². The van der Waals surface area contributed by atoms with E-state index in [-0.39, 0.29) is 25.0 Å². The quantitative estimate of drug-likeness (QED) is 0.820. The van der Waals surface area contributed by atoms with Gasteiger partial charge in [-0.2, -0.15) is 0 Å². The molecule has 0 radical (unpaired) electrons. The lowest BCUT2D eigenvalue weighted by Gasteiger charge is -2.08. The SMILES string of the molecule is CNC(=O)c1ccccc1C#CCNC(=O)COc1ccccc1C. The fraction of sp³-hybridized carbons (Fsp3) is 0.200. The summed E-state index contributed by atoms with van der Waals surface area (Å²) in [6, 6.07) is 14.6. The number of aryl methyl sites for hydroxylation is 1. The molecule has 128 valence electrons. The second-order valence-corrected chi connectivity index (χ2v) is 5.26. The molecule has 2 N–H and O–H groups in total. The summed E-state index contributed by atoms with van der Waals surface area (Å²) in [4.78, 5) is 23.5. The van der Waals surface area contributed by atoms with E-state index in [0.717, 1.165) is 5.56 Å². The van der Waals surface area contributed by atoms with Crippen molar-refractivity contribution in [2.75, 3.05) is 20.2 Å². The van der Waals surface area contributed by atoms with Crippen molar-refractivity contribution < 1.29 is 14.3 Å². The van der Waals surface area contributed by atoms with Gasteiger partial charge in [-0.05, 0) is 30.7 Å². The lowest BCUT2D eigenvalue weighted by Crippen LogP contribution is -2.29. The molecule has 5 nitrogen and oxygen atoms in total. The van der Waals surface area contributed by atoms with Crippen LogP contribution in [0, 0.1) is 18.8 Å². The summed E-state index contributed by atoms with van der Waals surface area (Å²) in [5, 5.41) is 5.24. The fourth-order valence-corrected chi connectivity index (χ4v) is 2.12. The largest absolute Gasteiger partial charge is 0.484 e. The maximum atomic E-state index is 11.8. The second kappa shape index (κ2) is 9.14. The molecule has 0 bridgehead atoms. The van der Waals surface area contributed by atoms with Gasteiger partial charge in [0.1, 0.15) is 5.75 Å². The van der Waals surface area contributed by atoms with Crippen LogP contribution in [0.25, 0.3) is 0 Å². The van der Waals surface area contributed by atoms with Crippen LogP contribution in [0.4, 0.5) is 0 Å².